The SMILES string of the molecule is CC(C)CCC[C@@H](C)[C@H]1CC[C@H]2[C@@H]3CC[C@H]4CC(=NO)C=C[C@]4(C)[C@H]3CC[C@]12C. The van der Waals surface area contributed by atoms with Gasteiger partial charge >= 0.3 is 0 Å². The predicted octanol–water partition coefficient (Wildman–Crippen LogP) is 7.71. The zero-order valence-electron chi connectivity index (χ0n) is 19.7. The lowest BCUT2D eigenvalue weighted by atomic mass is 9.45. The standard InChI is InChI=1S/C27H45NO/c1-18(2)7-6-8-19(3)23-11-12-24-22-10-9-20-17-21(28-29)13-15-26(20,4)25(22)14-16-27(23,24)5/h13,15,18-20,22-25,29H,6-12,14,16-17H2,1-5H3/t19-,20+,22+,23-,24+,25+,26+,27-/m1/s1. The fraction of sp³-hybridized carbons (Fsp3) is 0.889. The van der Waals surface area contributed by atoms with E-state index in [-0.39, 0.29) is 0 Å². The van der Waals surface area contributed by atoms with E-state index >= 15 is 0 Å². The van der Waals surface area contributed by atoms with Crippen LogP contribution in [0.3, 0.4) is 0 Å². The van der Waals surface area contributed by atoms with Crippen molar-refractivity contribution in [3.05, 3.63) is 12.2 Å². The number of allylic oxidation sites excluding steroid dienone is 2. The largest absolute Gasteiger partial charge is 0.411 e. The second kappa shape index (κ2) is 8.04. The van der Waals surface area contributed by atoms with Gasteiger partial charge in [-0.1, -0.05) is 65.1 Å². The van der Waals surface area contributed by atoms with Gasteiger partial charge in [-0.25, -0.2) is 0 Å². The normalized spacial score (nSPS) is 46.4. The van der Waals surface area contributed by atoms with Gasteiger partial charge in [0.2, 0.25) is 0 Å². The van der Waals surface area contributed by atoms with Gasteiger partial charge in [0.1, 0.15) is 0 Å². The summed E-state index contributed by atoms with van der Waals surface area (Å²) in [6, 6.07) is 0. The van der Waals surface area contributed by atoms with E-state index in [0.29, 0.717) is 16.7 Å². The Morgan fingerprint density at radius 2 is 1.83 bits per heavy atom. The molecule has 29 heavy (non-hydrogen) atoms. The summed E-state index contributed by atoms with van der Waals surface area (Å²) in [4.78, 5) is 0. The van der Waals surface area contributed by atoms with Crippen LogP contribution in [0.5, 0.6) is 0 Å². The van der Waals surface area contributed by atoms with Crippen LogP contribution in [0, 0.1) is 52.3 Å². The number of hydrogen-bond acceptors (Lipinski definition) is 2. The zero-order valence-corrected chi connectivity index (χ0v) is 19.7. The third-order valence-electron chi connectivity index (χ3n) is 10.4. The second-order valence-electron chi connectivity index (χ2n) is 12.2. The topological polar surface area (TPSA) is 32.6 Å². The Kier molecular flexibility index (Phi) is 5.95. The van der Waals surface area contributed by atoms with E-state index in [1.807, 2.05) is 0 Å². The Morgan fingerprint density at radius 3 is 2.55 bits per heavy atom. The summed E-state index contributed by atoms with van der Waals surface area (Å²) in [5.74, 6) is 6.06. The molecule has 2 heteroatoms. The average molecular weight is 400 g/mol. The lowest BCUT2D eigenvalue weighted by Crippen LogP contribution is -2.52. The number of rotatable bonds is 5. The highest BCUT2D eigenvalue weighted by Crippen LogP contribution is 2.67. The molecule has 4 aliphatic carbocycles. The summed E-state index contributed by atoms with van der Waals surface area (Å²) in [6.45, 7) is 12.5. The third-order valence-corrected chi connectivity index (χ3v) is 10.4. The summed E-state index contributed by atoms with van der Waals surface area (Å²) in [7, 11) is 0. The summed E-state index contributed by atoms with van der Waals surface area (Å²) < 4.78 is 0. The van der Waals surface area contributed by atoms with Crippen molar-refractivity contribution in [2.45, 2.75) is 98.8 Å². The highest BCUT2D eigenvalue weighted by Gasteiger charge is 2.59. The van der Waals surface area contributed by atoms with Gasteiger partial charge in [-0.15, -0.1) is 0 Å². The molecule has 4 aliphatic rings. The first-order chi connectivity index (χ1) is 13.8. The fourth-order valence-electron chi connectivity index (χ4n) is 8.75. The molecule has 0 radical (unpaired) electrons. The molecule has 4 rings (SSSR count). The van der Waals surface area contributed by atoms with E-state index in [1.165, 1.54) is 57.8 Å². The van der Waals surface area contributed by atoms with E-state index < -0.39 is 0 Å². The first-order valence-corrected chi connectivity index (χ1v) is 12.7. The Balaban J connectivity index is 1.49. The van der Waals surface area contributed by atoms with Gasteiger partial charge in [0.25, 0.3) is 0 Å². The Labute approximate surface area is 179 Å². The molecule has 0 aromatic rings. The van der Waals surface area contributed by atoms with Crippen LogP contribution < -0.4 is 0 Å². The van der Waals surface area contributed by atoms with Crippen LogP contribution in [0.25, 0.3) is 0 Å². The predicted molar refractivity (Wildman–Crippen MR) is 122 cm³/mol. The molecule has 0 aromatic carbocycles. The molecule has 0 unspecified atom stereocenters. The van der Waals surface area contributed by atoms with Crippen LogP contribution >= 0.6 is 0 Å². The van der Waals surface area contributed by atoms with Crippen molar-refractivity contribution in [3.63, 3.8) is 0 Å². The molecular weight excluding hydrogens is 354 g/mol. The van der Waals surface area contributed by atoms with Crippen LogP contribution in [0.1, 0.15) is 98.8 Å². The Morgan fingerprint density at radius 1 is 1.03 bits per heavy atom. The summed E-state index contributed by atoms with van der Waals surface area (Å²) >= 11 is 0. The van der Waals surface area contributed by atoms with Crippen molar-refractivity contribution < 1.29 is 5.21 Å². The molecular formula is C27H45NO. The monoisotopic (exact) mass is 399 g/mol. The maximum absolute atomic E-state index is 9.26. The van der Waals surface area contributed by atoms with Gasteiger partial charge < -0.3 is 5.21 Å². The molecule has 1 N–H and O–H groups in total. The van der Waals surface area contributed by atoms with E-state index in [0.717, 1.165) is 47.6 Å². The molecule has 0 amide bonds. The lowest BCUT2D eigenvalue weighted by Gasteiger charge is -2.59. The zero-order chi connectivity index (χ0) is 20.8. The van der Waals surface area contributed by atoms with Crippen molar-refractivity contribution in [2.75, 3.05) is 0 Å². The molecule has 8 atom stereocenters. The van der Waals surface area contributed by atoms with Crippen molar-refractivity contribution in [3.8, 4) is 0 Å². The average Bonchev–Trinajstić information content (AvgIpc) is 3.04. The minimum atomic E-state index is 0.319. The van der Waals surface area contributed by atoms with Gasteiger partial charge in [0, 0.05) is 0 Å². The van der Waals surface area contributed by atoms with E-state index in [2.05, 4.69) is 51.9 Å². The molecule has 164 valence electrons. The smallest absolute Gasteiger partial charge is 0.0795 e. The molecule has 0 aromatic heterocycles. The minimum absolute atomic E-state index is 0.319. The number of hydrogen-bond donors (Lipinski definition) is 1. The fourth-order valence-corrected chi connectivity index (χ4v) is 8.75. The Hall–Kier alpha value is -0.790. The molecule has 0 bridgehead atoms. The van der Waals surface area contributed by atoms with E-state index in [1.54, 1.807) is 0 Å². The van der Waals surface area contributed by atoms with Crippen molar-refractivity contribution >= 4 is 5.71 Å². The van der Waals surface area contributed by atoms with E-state index in [4.69, 9.17) is 0 Å². The van der Waals surface area contributed by atoms with Crippen LogP contribution in [0.15, 0.2) is 17.3 Å². The minimum Gasteiger partial charge on any atom is -0.411 e. The molecule has 0 aliphatic heterocycles. The quantitative estimate of drug-likeness (QED) is 0.372. The van der Waals surface area contributed by atoms with Crippen LogP contribution in [-0.4, -0.2) is 10.9 Å². The molecule has 3 saturated carbocycles. The van der Waals surface area contributed by atoms with Crippen molar-refractivity contribution in [1.29, 1.82) is 0 Å². The van der Waals surface area contributed by atoms with E-state index in [9.17, 15) is 5.21 Å². The highest BCUT2D eigenvalue weighted by atomic mass is 16.4. The molecule has 0 heterocycles. The molecule has 3 fully saturated rings. The molecule has 0 spiro atoms. The van der Waals surface area contributed by atoms with Gasteiger partial charge in [-0.3, -0.25) is 0 Å². The number of nitrogens with zero attached hydrogens (tertiary/aromatic N) is 1. The lowest BCUT2D eigenvalue weighted by molar-refractivity contribution is -0.0809. The summed E-state index contributed by atoms with van der Waals surface area (Å²) in [5, 5.41) is 12.8. The van der Waals surface area contributed by atoms with Crippen molar-refractivity contribution in [1.82, 2.24) is 0 Å². The Bertz CT molecular complexity index is 651. The van der Waals surface area contributed by atoms with Gasteiger partial charge in [0.05, 0.1) is 5.71 Å². The first kappa shape index (κ1) is 21.4. The van der Waals surface area contributed by atoms with Crippen LogP contribution in [-0.2, 0) is 0 Å². The number of fused-ring (bicyclic) bond motifs is 5. The van der Waals surface area contributed by atoms with Gasteiger partial charge in [0.15, 0.2) is 0 Å². The van der Waals surface area contributed by atoms with Crippen LogP contribution in [0.2, 0.25) is 0 Å². The van der Waals surface area contributed by atoms with Gasteiger partial charge in [-0.05, 0) is 103 Å². The molecule has 2 nitrogen and oxygen atoms in total. The summed E-state index contributed by atoms with van der Waals surface area (Å²) in [5.41, 5.74) is 1.79. The number of oxime groups is 1. The maximum Gasteiger partial charge on any atom is 0.0795 e. The molecule has 0 saturated heterocycles. The first-order valence-electron chi connectivity index (χ1n) is 12.7. The van der Waals surface area contributed by atoms with Crippen molar-refractivity contribution in [2.24, 2.45) is 57.4 Å². The third kappa shape index (κ3) is 3.61. The summed E-state index contributed by atoms with van der Waals surface area (Å²) in [6.07, 6.45) is 18.3. The highest BCUT2D eigenvalue weighted by molar-refractivity contribution is 5.95. The van der Waals surface area contributed by atoms with Gasteiger partial charge in [-0.2, -0.15) is 0 Å². The maximum atomic E-state index is 9.26. The van der Waals surface area contributed by atoms with Crippen LogP contribution in [0.4, 0.5) is 0 Å². The second-order valence-corrected chi connectivity index (χ2v) is 12.2.